The van der Waals surface area contributed by atoms with Gasteiger partial charge in [0.2, 0.25) is 0 Å². The van der Waals surface area contributed by atoms with Crippen molar-refractivity contribution >= 4 is 0 Å². The second-order valence-corrected chi connectivity index (χ2v) is 3.77. The van der Waals surface area contributed by atoms with Gasteiger partial charge in [-0.05, 0) is 5.56 Å². The predicted molar refractivity (Wildman–Crippen MR) is 60.6 cm³/mol. The van der Waals surface area contributed by atoms with Crippen molar-refractivity contribution in [2.45, 2.75) is 5.67 Å². The first-order valence-electron chi connectivity index (χ1n) is 5.10. The first kappa shape index (κ1) is 10.8. The van der Waals surface area contributed by atoms with Crippen molar-refractivity contribution in [1.29, 1.82) is 0 Å². The lowest BCUT2D eigenvalue weighted by molar-refractivity contribution is 0.232. The first-order valence-corrected chi connectivity index (χ1v) is 5.10. The molecule has 0 fully saturated rings. The van der Waals surface area contributed by atoms with E-state index in [9.17, 15) is 4.39 Å². The molecule has 2 N–H and O–H groups in total. The zero-order chi connectivity index (χ0) is 11.6. The molecule has 84 valence electrons. The van der Waals surface area contributed by atoms with Gasteiger partial charge >= 0.3 is 0 Å². The van der Waals surface area contributed by atoms with E-state index in [1.54, 1.807) is 42.2 Å². The number of nitrogens with zero attached hydrogens (tertiary/aromatic N) is 2. The van der Waals surface area contributed by atoms with Gasteiger partial charge in [0.1, 0.15) is 0 Å². The summed E-state index contributed by atoms with van der Waals surface area (Å²) in [6, 6.07) is 8.93. The van der Waals surface area contributed by atoms with Crippen LogP contribution in [-0.2, 0) is 12.7 Å². The average Bonchev–Trinajstić information content (AvgIpc) is 2.76. The van der Waals surface area contributed by atoms with Crippen molar-refractivity contribution in [3.8, 4) is 0 Å². The number of nitrogens with two attached hydrogens (primary N) is 1. The Morgan fingerprint density at radius 1 is 1.31 bits per heavy atom. The fourth-order valence-electron chi connectivity index (χ4n) is 1.73. The van der Waals surface area contributed by atoms with Gasteiger partial charge in [0.15, 0.2) is 5.67 Å². The van der Waals surface area contributed by atoms with Crippen LogP contribution in [-0.4, -0.2) is 16.3 Å². The number of alkyl halides is 1. The van der Waals surface area contributed by atoms with Crippen molar-refractivity contribution in [3.05, 3.63) is 53.9 Å². The standard InChI is InChI=1S/C12H14FN3/c1-16-8-11(7-15-16)12(13,9-14)10-5-3-2-4-6-10/h2-8H,9,14H2,1H3. The van der Waals surface area contributed by atoms with Gasteiger partial charge in [0.05, 0.1) is 6.20 Å². The maximum absolute atomic E-state index is 14.8. The third-order valence-electron chi connectivity index (χ3n) is 2.68. The number of benzene rings is 1. The minimum atomic E-state index is -1.66. The molecule has 0 aliphatic heterocycles. The van der Waals surface area contributed by atoms with Crippen LogP contribution in [0.3, 0.4) is 0 Å². The summed E-state index contributed by atoms with van der Waals surface area (Å²) < 4.78 is 16.4. The Kier molecular flexibility index (Phi) is 2.75. The van der Waals surface area contributed by atoms with E-state index < -0.39 is 5.67 Å². The molecule has 1 unspecified atom stereocenters. The van der Waals surface area contributed by atoms with E-state index in [0.29, 0.717) is 11.1 Å². The molecule has 1 atom stereocenters. The quantitative estimate of drug-likeness (QED) is 0.852. The van der Waals surface area contributed by atoms with E-state index in [4.69, 9.17) is 5.73 Å². The molecular formula is C12H14FN3. The Bertz CT molecular complexity index is 466. The summed E-state index contributed by atoms with van der Waals surface area (Å²) in [4.78, 5) is 0. The lowest BCUT2D eigenvalue weighted by Gasteiger charge is -2.22. The molecule has 2 rings (SSSR count). The predicted octanol–water partition coefficient (Wildman–Crippen LogP) is 1.59. The zero-order valence-corrected chi connectivity index (χ0v) is 9.10. The molecule has 3 nitrogen and oxygen atoms in total. The van der Waals surface area contributed by atoms with Crippen molar-refractivity contribution in [2.75, 3.05) is 6.54 Å². The number of halogens is 1. The smallest absolute Gasteiger partial charge is 0.176 e. The molecule has 16 heavy (non-hydrogen) atoms. The van der Waals surface area contributed by atoms with Crippen molar-refractivity contribution in [2.24, 2.45) is 12.8 Å². The third kappa shape index (κ3) is 1.72. The van der Waals surface area contributed by atoms with Crippen LogP contribution in [0.1, 0.15) is 11.1 Å². The van der Waals surface area contributed by atoms with Crippen molar-refractivity contribution in [1.82, 2.24) is 9.78 Å². The summed E-state index contributed by atoms with van der Waals surface area (Å²) in [7, 11) is 1.76. The summed E-state index contributed by atoms with van der Waals surface area (Å²) in [5, 5.41) is 3.98. The van der Waals surface area contributed by atoms with Gasteiger partial charge in [0.25, 0.3) is 0 Å². The van der Waals surface area contributed by atoms with Crippen LogP contribution in [0.2, 0.25) is 0 Å². The number of hydrogen-bond donors (Lipinski definition) is 1. The minimum absolute atomic E-state index is 0.0945. The molecule has 1 heterocycles. The summed E-state index contributed by atoms with van der Waals surface area (Å²) in [6.45, 7) is -0.0945. The molecule has 0 radical (unpaired) electrons. The van der Waals surface area contributed by atoms with Crippen molar-refractivity contribution in [3.63, 3.8) is 0 Å². The van der Waals surface area contributed by atoms with Gasteiger partial charge < -0.3 is 5.73 Å². The highest BCUT2D eigenvalue weighted by Gasteiger charge is 2.33. The van der Waals surface area contributed by atoms with E-state index in [-0.39, 0.29) is 6.54 Å². The van der Waals surface area contributed by atoms with Gasteiger partial charge in [0, 0.05) is 25.4 Å². The largest absolute Gasteiger partial charge is 0.327 e. The summed E-state index contributed by atoms with van der Waals surface area (Å²) in [5.41, 5.74) is 4.96. The van der Waals surface area contributed by atoms with E-state index in [0.717, 1.165) is 0 Å². The molecule has 0 aliphatic carbocycles. The SMILES string of the molecule is Cn1cc(C(F)(CN)c2ccccc2)cn1. The highest BCUT2D eigenvalue weighted by molar-refractivity contribution is 5.34. The Morgan fingerprint density at radius 3 is 2.50 bits per heavy atom. The molecular weight excluding hydrogens is 205 g/mol. The molecule has 0 saturated carbocycles. The lowest BCUT2D eigenvalue weighted by atomic mass is 9.90. The monoisotopic (exact) mass is 219 g/mol. The Morgan fingerprint density at radius 2 is 2.00 bits per heavy atom. The normalized spacial score (nSPS) is 14.7. The first-order chi connectivity index (χ1) is 7.66. The second kappa shape index (κ2) is 4.06. The Balaban J connectivity index is 2.48. The molecule has 1 aromatic carbocycles. The second-order valence-electron chi connectivity index (χ2n) is 3.77. The van der Waals surface area contributed by atoms with Gasteiger partial charge in [-0.1, -0.05) is 30.3 Å². The van der Waals surface area contributed by atoms with Crippen LogP contribution in [0, 0.1) is 0 Å². The Hall–Kier alpha value is -1.68. The third-order valence-corrected chi connectivity index (χ3v) is 2.68. The molecule has 0 aliphatic rings. The van der Waals surface area contributed by atoms with Gasteiger partial charge in [-0.25, -0.2) is 4.39 Å². The fourth-order valence-corrected chi connectivity index (χ4v) is 1.73. The van der Waals surface area contributed by atoms with Crippen LogP contribution < -0.4 is 5.73 Å². The topological polar surface area (TPSA) is 43.8 Å². The van der Waals surface area contributed by atoms with Crippen LogP contribution >= 0.6 is 0 Å². The van der Waals surface area contributed by atoms with Crippen LogP contribution in [0.15, 0.2) is 42.7 Å². The molecule has 0 amide bonds. The number of aryl methyl sites for hydroxylation is 1. The molecule has 0 saturated heterocycles. The number of aromatic nitrogens is 2. The Labute approximate surface area is 93.7 Å². The van der Waals surface area contributed by atoms with Crippen LogP contribution in [0.5, 0.6) is 0 Å². The van der Waals surface area contributed by atoms with Gasteiger partial charge in [-0.15, -0.1) is 0 Å². The van der Waals surface area contributed by atoms with E-state index >= 15 is 0 Å². The minimum Gasteiger partial charge on any atom is -0.327 e. The number of hydrogen-bond acceptors (Lipinski definition) is 2. The average molecular weight is 219 g/mol. The maximum Gasteiger partial charge on any atom is 0.176 e. The summed E-state index contributed by atoms with van der Waals surface area (Å²) in [5.74, 6) is 0. The van der Waals surface area contributed by atoms with E-state index in [1.165, 1.54) is 6.20 Å². The summed E-state index contributed by atoms with van der Waals surface area (Å²) in [6.07, 6.45) is 3.17. The van der Waals surface area contributed by atoms with E-state index in [1.807, 2.05) is 6.07 Å². The molecule has 0 bridgehead atoms. The molecule has 1 aromatic heterocycles. The van der Waals surface area contributed by atoms with E-state index in [2.05, 4.69) is 5.10 Å². The van der Waals surface area contributed by atoms with Crippen molar-refractivity contribution < 1.29 is 4.39 Å². The van der Waals surface area contributed by atoms with Crippen LogP contribution in [0.25, 0.3) is 0 Å². The molecule has 0 spiro atoms. The maximum atomic E-state index is 14.8. The molecule has 4 heteroatoms. The highest BCUT2D eigenvalue weighted by atomic mass is 19.1. The van der Waals surface area contributed by atoms with Crippen LogP contribution in [0.4, 0.5) is 4.39 Å². The highest BCUT2D eigenvalue weighted by Crippen LogP contribution is 2.32. The van der Waals surface area contributed by atoms with Gasteiger partial charge in [-0.2, -0.15) is 5.10 Å². The molecule has 2 aromatic rings. The lowest BCUT2D eigenvalue weighted by Crippen LogP contribution is -2.31. The summed E-state index contributed by atoms with van der Waals surface area (Å²) >= 11 is 0. The fraction of sp³-hybridized carbons (Fsp3) is 0.250. The number of rotatable bonds is 3. The zero-order valence-electron chi connectivity index (χ0n) is 9.10. The van der Waals surface area contributed by atoms with Gasteiger partial charge in [-0.3, -0.25) is 4.68 Å².